The average molecular weight is 474 g/mol. The molecule has 0 aliphatic carbocycles. The zero-order valence-electron chi connectivity index (χ0n) is 17.9. The molecule has 8 heteroatoms. The van der Waals surface area contributed by atoms with E-state index in [0.29, 0.717) is 21.9 Å². The van der Waals surface area contributed by atoms with Crippen LogP contribution in [-0.2, 0) is 6.54 Å². The first-order valence-electron chi connectivity index (χ1n) is 10.3. The fourth-order valence-electron chi connectivity index (χ4n) is 3.74. The lowest BCUT2D eigenvalue weighted by molar-refractivity contribution is -0.384. The number of hydrogen-bond acceptors (Lipinski definition) is 6. The number of benzene rings is 3. The van der Waals surface area contributed by atoms with Crippen LogP contribution in [0.25, 0.3) is 20.3 Å². The van der Waals surface area contributed by atoms with Crippen LogP contribution in [0.3, 0.4) is 0 Å². The molecular weight excluding hydrogens is 454 g/mol. The average Bonchev–Trinajstić information content (AvgIpc) is 3.45. The SMILES string of the molecule is Cc1ccc(C)c2sc(N(Cc3ccccc3)C(=O)c3cc4cc([N+](=O)[O-])ccc4s3)nc12. The molecule has 5 rings (SSSR count). The molecule has 0 N–H and O–H groups in total. The predicted octanol–water partition coefficient (Wildman–Crippen LogP) is 6.88. The quantitative estimate of drug-likeness (QED) is 0.206. The van der Waals surface area contributed by atoms with Gasteiger partial charge in [-0.1, -0.05) is 53.8 Å². The molecule has 0 saturated heterocycles. The highest BCUT2D eigenvalue weighted by Crippen LogP contribution is 2.36. The number of hydrogen-bond donors (Lipinski definition) is 0. The topological polar surface area (TPSA) is 76.3 Å². The van der Waals surface area contributed by atoms with Crippen molar-refractivity contribution in [2.75, 3.05) is 4.90 Å². The number of aromatic nitrogens is 1. The Balaban J connectivity index is 1.60. The first-order valence-corrected chi connectivity index (χ1v) is 11.9. The van der Waals surface area contributed by atoms with Crippen LogP contribution in [0, 0.1) is 24.0 Å². The Kier molecular flexibility index (Phi) is 5.39. The minimum atomic E-state index is -0.425. The lowest BCUT2D eigenvalue weighted by atomic mass is 10.1. The molecule has 0 fully saturated rings. The van der Waals surface area contributed by atoms with E-state index in [2.05, 4.69) is 6.07 Å². The van der Waals surface area contributed by atoms with Gasteiger partial charge in [0.05, 0.1) is 26.6 Å². The Morgan fingerprint density at radius 1 is 1.00 bits per heavy atom. The van der Waals surface area contributed by atoms with E-state index >= 15 is 0 Å². The molecule has 2 heterocycles. The molecule has 0 aliphatic heterocycles. The van der Waals surface area contributed by atoms with E-state index < -0.39 is 4.92 Å². The van der Waals surface area contributed by atoms with Gasteiger partial charge in [0.25, 0.3) is 11.6 Å². The number of non-ortho nitro benzene ring substituents is 1. The number of aryl methyl sites for hydroxylation is 2. The minimum absolute atomic E-state index is 0.0116. The van der Waals surface area contributed by atoms with Crippen LogP contribution in [0.1, 0.15) is 26.4 Å². The Labute approximate surface area is 197 Å². The number of nitro groups is 1. The lowest BCUT2D eigenvalue weighted by Crippen LogP contribution is -2.29. The van der Waals surface area contributed by atoms with Crippen LogP contribution >= 0.6 is 22.7 Å². The van der Waals surface area contributed by atoms with Gasteiger partial charge in [-0.05, 0) is 42.7 Å². The highest BCUT2D eigenvalue weighted by molar-refractivity contribution is 7.23. The van der Waals surface area contributed by atoms with E-state index in [9.17, 15) is 14.9 Å². The van der Waals surface area contributed by atoms with Crippen molar-refractivity contribution in [3.63, 3.8) is 0 Å². The molecule has 0 bridgehead atoms. The number of nitrogens with zero attached hydrogens (tertiary/aromatic N) is 3. The van der Waals surface area contributed by atoms with E-state index in [1.54, 1.807) is 17.0 Å². The van der Waals surface area contributed by atoms with Gasteiger partial charge in [-0.25, -0.2) is 4.98 Å². The number of nitro benzene ring substituents is 1. The highest BCUT2D eigenvalue weighted by atomic mass is 32.1. The van der Waals surface area contributed by atoms with Crippen molar-refractivity contribution in [3.05, 3.63) is 98.4 Å². The largest absolute Gasteiger partial charge is 0.279 e. The van der Waals surface area contributed by atoms with Crippen molar-refractivity contribution in [2.24, 2.45) is 0 Å². The van der Waals surface area contributed by atoms with E-state index in [1.165, 1.54) is 34.8 Å². The molecule has 5 aromatic rings. The molecule has 6 nitrogen and oxygen atoms in total. The van der Waals surface area contributed by atoms with Gasteiger partial charge in [0, 0.05) is 22.2 Å². The second-order valence-electron chi connectivity index (χ2n) is 7.84. The summed E-state index contributed by atoms with van der Waals surface area (Å²) in [5, 5.41) is 12.5. The van der Waals surface area contributed by atoms with Gasteiger partial charge in [0.2, 0.25) is 0 Å². The van der Waals surface area contributed by atoms with E-state index in [-0.39, 0.29) is 11.6 Å². The fourth-order valence-corrected chi connectivity index (χ4v) is 5.84. The van der Waals surface area contributed by atoms with E-state index in [1.807, 2.05) is 50.2 Å². The summed E-state index contributed by atoms with van der Waals surface area (Å²) in [5.74, 6) is -0.169. The molecule has 3 aromatic carbocycles. The summed E-state index contributed by atoms with van der Waals surface area (Å²) in [5.41, 5.74) is 4.11. The maximum Gasteiger partial charge on any atom is 0.270 e. The van der Waals surface area contributed by atoms with Crippen LogP contribution in [-0.4, -0.2) is 15.8 Å². The monoisotopic (exact) mass is 473 g/mol. The third kappa shape index (κ3) is 3.99. The second-order valence-corrected chi connectivity index (χ2v) is 9.90. The summed E-state index contributed by atoms with van der Waals surface area (Å²) in [6.07, 6.45) is 0. The van der Waals surface area contributed by atoms with Crippen molar-refractivity contribution < 1.29 is 9.72 Å². The van der Waals surface area contributed by atoms with Crippen molar-refractivity contribution in [1.82, 2.24) is 4.98 Å². The zero-order valence-corrected chi connectivity index (χ0v) is 19.6. The molecule has 0 radical (unpaired) electrons. The maximum absolute atomic E-state index is 13.8. The van der Waals surface area contributed by atoms with Crippen LogP contribution in [0.4, 0.5) is 10.8 Å². The Morgan fingerprint density at radius 3 is 2.48 bits per heavy atom. The van der Waals surface area contributed by atoms with E-state index in [4.69, 9.17) is 4.98 Å². The van der Waals surface area contributed by atoms with E-state index in [0.717, 1.165) is 31.6 Å². The molecule has 33 heavy (non-hydrogen) atoms. The summed E-state index contributed by atoms with van der Waals surface area (Å²) >= 11 is 2.85. The molecule has 0 unspecified atom stereocenters. The predicted molar refractivity (Wildman–Crippen MR) is 135 cm³/mol. The number of fused-ring (bicyclic) bond motifs is 2. The zero-order chi connectivity index (χ0) is 23.1. The van der Waals surface area contributed by atoms with Crippen molar-refractivity contribution in [3.8, 4) is 0 Å². The van der Waals surface area contributed by atoms with Crippen LogP contribution in [0.15, 0.2) is 66.7 Å². The fraction of sp³-hybridized carbons (Fsp3) is 0.120. The first kappa shape index (κ1) is 21.2. The second kappa shape index (κ2) is 8.38. The third-order valence-corrected chi connectivity index (χ3v) is 7.83. The molecule has 0 aliphatic rings. The molecule has 2 aromatic heterocycles. The van der Waals surface area contributed by atoms with Gasteiger partial charge in [-0.15, -0.1) is 11.3 Å². The van der Waals surface area contributed by atoms with Gasteiger partial charge in [-0.2, -0.15) is 0 Å². The van der Waals surface area contributed by atoms with Crippen LogP contribution in [0.5, 0.6) is 0 Å². The van der Waals surface area contributed by atoms with Crippen LogP contribution < -0.4 is 4.90 Å². The smallest absolute Gasteiger partial charge is 0.270 e. The summed E-state index contributed by atoms with van der Waals surface area (Å²) in [4.78, 5) is 31.6. The summed E-state index contributed by atoms with van der Waals surface area (Å²) in [6.45, 7) is 4.45. The van der Waals surface area contributed by atoms with Crippen molar-refractivity contribution in [1.29, 1.82) is 0 Å². The normalized spacial score (nSPS) is 11.2. The molecular formula is C25H19N3O3S2. The van der Waals surface area contributed by atoms with Gasteiger partial charge in [0.15, 0.2) is 5.13 Å². The number of anilines is 1. The molecule has 0 saturated carbocycles. The molecule has 0 atom stereocenters. The minimum Gasteiger partial charge on any atom is -0.279 e. The number of carbonyl (C=O) groups is 1. The van der Waals surface area contributed by atoms with Crippen molar-refractivity contribution >= 4 is 59.7 Å². The maximum atomic E-state index is 13.8. The number of rotatable bonds is 5. The van der Waals surface area contributed by atoms with Crippen molar-refractivity contribution in [2.45, 2.75) is 20.4 Å². The Morgan fingerprint density at radius 2 is 1.76 bits per heavy atom. The summed E-state index contributed by atoms with van der Waals surface area (Å²) in [7, 11) is 0. The van der Waals surface area contributed by atoms with Gasteiger partial charge in [0.1, 0.15) is 0 Å². The van der Waals surface area contributed by atoms with Gasteiger partial charge in [-0.3, -0.25) is 19.8 Å². The number of thiophene rings is 1. The number of amides is 1. The third-order valence-electron chi connectivity index (χ3n) is 5.51. The summed E-state index contributed by atoms with van der Waals surface area (Å²) in [6, 6.07) is 20.3. The van der Waals surface area contributed by atoms with Gasteiger partial charge < -0.3 is 0 Å². The molecule has 1 amide bonds. The standard InChI is InChI=1S/C25H19N3O3S2/c1-15-8-9-16(2)23-22(15)26-25(33-23)27(14-17-6-4-3-5-7-17)24(29)21-13-18-12-19(28(30)31)10-11-20(18)32-21/h3-13H,14H2,1-2H3. The molecule has 0 spiro atoms. The lowest BCUT2D eigenvalue weighted by Gasteiger charge is -2.19. The Hall–Kier alpha value is -3.62. The first-order chi connectivity index (χ1) is 15.9. The highest BCUT2D eigenvalue weighted by Gasteiger charge is 2.24. The van der Waals surface area contributed by atoms with Crippen LogP contribution in [0.2, 0.25) is 0 Å². The number of thiazole rings is 1. The summed E-state index contributed by atoms with van der Waals surface area (Å²) < 4.78 is 1.91. The Bertz CT molecular complexity index is 1480. The van der Waals surface area contributed by atoms with Gasteiger partial charge >= 0.3 is 0 Å². The molecule has 164 valence electrons. The number of carbonyl (C=O) groups excluding carboxylic acids is 1.